The quantitative estimate of drug-likeness (QED) is 0.334. The number of aromatic nitrogens is 1. The average Bonchev–Trinajstić information content (AvgIpc) is 3.07. The summed E-state index contributed by atoms with van der Waals surface area (Å²) in [4.78, 5) is 6.11. The molecule has 0 amide bonds. The van der Waals surface area contributed by atoms with Crippen molar-refractivity contribution < 1.29 is 0 Å². The molecule has 33 heavy (non-hydrogen) atoms. The van der Waals surface area contributed by atoms with Crippen LogP contribution in [0.3, 0.4) is 0 Å². The maximum absolute atomic E-state index is 6.86. The van der Waals surface area contributed by atoms with Crippen LogP contribution in [0.25, 0.3) is 11.3 Å². The molecule has 1 unspecified atom stereocenters. The van der Waals surface area contributed by atoms with E-state index >= 15 is 0 Å². The second-order valence-corrected chi connectivity index (χ2v) is 9.80. The topological polar surface area (TPSA) is 19.0 Å². The van der Waals surface area contributed by atoms with Crippen molar-refractivity contribution in [3.8, 4) is 11.3 Å². The van der Waals surface area contributed by atoms with Crippen LogP contribution in [0, 0.1) is 27.7 Å². The van der Waals surface area contributed by atoms with Crippen LogP contribution >= 0.6 is 11.6 Å². The molecule has 168 valence electrons. The molecule has 0 fully saturated rings. The Hall–Kier alpha value is -2.81. The van der Waals surface area contributed by atoms with Crippen LogP contribution in [-0.2, 0) is 13.0 Å². The number of hydrogen-bond acceptors (Lipinski definition) is 1. The number of hydrogen-bond donors (Lipinski definition) is 1. The van der Waals surface area contributed by atoms with Crippen molar-refractivity contribution in [2.75, 3.05) is 6.54 Å². The molecule has 3 aromatic carbocycles. The molecule has 0 saturated carbocycles. The molecule has 1 aromatic heterocycles. The molecule has 2 heterocycles. The normalized spacial score (nSPS) is 16.1. The van der Waals surface area contributed by atoms with Gasteiger partial charge in [0.1, 0.15) is 5.15 Å². The Morgan fingerprint density at radius 3 is 2.39 bits per heavy atom. The summed E-state index contributed by atoms with van der Waals surface area (Å²) in [6, 6.07) is 24.5. The number of benzene rings is 3. The van der Waals surface area contributed by atoms with Crippen molar-refractivity contribution in [2.45, 2.75) is 46.7 Å². The highest BCUT2D eigenvalue weighted by Crippen LogP contribution is 2.39. The van der Waals surface area contributed by atoms with Gasteiger partial charge < -0.3 is 4.98 Å². The largest absolute Gasteiger partial charge is 0.345 e. The first kappa shape index (κ1) is 22.0. The molecule has 0 bridgehead atoms. The zero-order valence-corrected chi connectivity index (χ0v) is 20.6. The van der Waals surface area contributed by atoms with Crippen molar-refractivity contribution in [3.63, 3.8) is 0 Å². The van der Waals surface area contributed by atoms with Crippen LogP contribution in [0.5, 0.6) is 0 Å². The van der Waals surface area contributed by atoms with Gasteiger partial charge in [0.2, 0.25) is 0 Å². The van der Waals surface area contributed by atoms with E-state index in [2.05, 4.69) is 104 Å². The summed E-state index contributed by atoms with van der Waals surface area (Å²) < 4.78 is 0. The van der Waals surface area contributed by atoms with Gasteiger partial charge >= 0.3 is 0 Å². The van der Waals surface area contributed by atoms with Gasteiger partial charge in [-0.15, -0.1) is 0 Å². The van der Waals surface area contributed by atoms with Crippen LogP contribution in [0.15, 0.2) is 66.7 Å². The zero-order chi connectivity index (χ0) is 23.1. The molecule has 0 spiro atoms. The summed E-state index contributed by atoms with van der Waals surface area (Å²) in [5.74, 6) is 0. The molecule has 5 rings (SSSR count). The Bertz CT molecular complexity index is 1300. The first-order valence-electron chi connectivity index (χ1n) is 11.8. The fraction of sp³-hybridized carbons (Fsp3) is 0.267. The second-order valence-electron chi connectivity index (χ2n) is 9.42. The van der Waals surface area contributed by atoms with Gasteiger partial charge in [-0.1, -0.05) is 83.9 Å². The third-order valence-corrected chi connectivity index (χ3v) is 7.48. The van der Waals surface area contributed by atoms with Gasteiger partial charge in [-0.2, -0.15) is 0 Å². The molecule has 2 nitrogen and oxygen atoms in total. The first-order chi connectivity index (χ1) is 15.9. The van der Waals surface area contributed by atoms with Gasteiger partial charge in [-0.3, -0.25) is 4.90 Å². The van der Waals surface area contributed by atoms with E-state index in [1.54, 1.807) is 0 Å². The van der Waals surface area contributed by atoms with Crippen LogP contribution < -0.4 is 0 Å². The molecule has 0 aliphatic carbocycles. The molecule has 4 aromatic rings. The Kier molecular flexibility index (Phi) is 5.90. The maximum Gasteiger partial charge on any atom is 0.111 e. The van der Waals surface area contributed by atoms with Crippen LogP contribution in [0.1, 0.15) is 50.5 Å². The summed E-state index contributed by atoms with van der Waals surface area (Å²) in [6.45, 7) is 10.6. The van der Waals surface area contributed by atoms with E-state index in [0.717, 1.165) is 30.4 Å². The van der Waals surface area contributed by atoms with E-state index in [4.69, 9.17) is 11.6 Å². The fourth-order valence-corrected chi connectivity index (χ4v) is 5.76. The molecular formula is C30H31ClN2. The smallest absolute Gasteiger partial charge is 0.111 e. The van der Waals surface area contributed by atoms with Gasteiger partial charge in [-0.05, 0) is 67.5 Å². The van der Waals surface area contributed by atoms with Gasteiger partial charge in [0.05, 0.1) is 11.7 Å². The number of halogens is 1. The fourth-order valence-electron chi connectivity index (χ4n) is 5.46. The predicted molar refractivity (Wildman–Crippen MR) is 139 cm³/mol. The molecule has 1 N–H and O–H groups in total. The molecule has 3 heteroatoms. The lowest BCUT2D eigenvalue weighted by Crippen LogP contribution is -2.35. The highest BCUT2D eigenvalue weighted by molar-refractivity contribution is 6.30. The van der Waals surface area contributed by atoms with Gasteiger partial charge in [0, 0.05) is 24.2 Å². The van der Waals surface area contributed by atoms with E-state index in [-0.39, 0.29) is 6.04 Å². The van der Waals surface area contributed by atoms with Crippen LogP contribution in [-0.4, -0.2) is 16.4 Å². The SMILES string of the molecule is Cc1cccc(C2c3ccccc3CCN2Cc2c(Cl)[nH]c(-c3c(C)cccc3C)c2C)c1. The number of fused-ring (bicyclic) bond motifs is 1. The predicted octanol–water partition coefficient (Wildman–Crippen LogP) is 7.72. The van der Waals surface area contributed by atoms with E-state index in [1.807, 2.05) is 0 Å². The highest BCUT2D eigenvalue weighted by Gasteiger charge is 2.30. The van der Waals surface area contributed by atoms with E-state index in [1.165, 1.54) is 50.1 Å². The summed E-state index contributed by atoms with van der Waals surface area (Å²) in [5, 5.41) is 0.756. The van der Waals surface area contributed by atoms with Crippen LogP contribution in [0.2, 0.25) is 5.15 Å². The Balaban J connectivity index is 1.57. The minimum Gasteiger partial charge on any atom is -0.345 e. The minimum absolute atomic E-state index is 0.226. The Morgan fingerprint density at radius 2 is 1.64 bits per heavy atom. The van der Waals surface area contributed by atoms with Crippen LogP contribution in [0.4, 0.5) is 0 Å². The zero-order valence-electron chi connectivity index (χ0n) is 19.9. The minimum atomic E-state index is 0.226. The van der Waals surface area contributed by atoms with Crippen molar-refractivity contribution in [1.29, 1.82) is 0 Å². The third-order valence-electron chi connectivity index (χ3n) is 7.16. The van der Waals surface area contributed by atoms with E-state index in [9.17, 15) is 0 Å². The Morgan fingerprint density at radius 1 is 0.909 bits per heavy atom. The van der Waals surface area contributed by atoms with Crippen molar-refractivity contribution >= 4 is 11.6 Å². The van der Waals surface area contributed by atoms with Gasteiger partial charge in [0.15, 0.2) is 0 Å². The molecule has 0 saturated heterocycles. The number of aryl methyl sites for hydroxylation is 3. The summed E-state index contributed by atoms with van der Waals surface area (Å²) in [7, 11) is 0. The molecular weight excluding hydrogens is 424 g/mol. The molecule has 0 radical (unpaired) electrons. The lowest BCUT2D eigenvalue weighted by molar-refractivity contribution is 0.204. The Labute approximate surface area is 202 Å². The summed E-state index contributed by atoms with van der Waals surface area (Å²) in [5.41, 5.74) is 12.9. The highest BCUT2D eigenvalue weighted by atomic mass is 35.5. The van der Waals surface area contributed by atoms with Crippen molar-refractivity contribution in [3.05, 3.63) is 116 Å². The average molecular weight is 455 g/mol. The lowest BCUT2D eigenvalue weighted by Gasteiger charge is -2.38. The summed E-state index contributed by atoms with van der Waals surface area (Å²) >= 11 is 6.86. The maximum atomic E-state index is 6.86. The molecule has 1 aliphatic heterocycles. The number of nitrogens with one attached hydrogen (secondary N) is 1. The first-order valence-corrected chi connectivity index (χ1v) is 12.1. The number of rotatable bonds is 4. The molecule has 1 aliphatic rings. The summed E-state index contributed by atoms with van der Waals surface area (Å²) in [6.07, 6.45) is 1.06. The number of H-pyrrole nitrogens is 1. The van der Waals surface area contributed by atoms with E-state index in [0.29, 0.717) is 0 Å². The van der Waals surface area contributed by atoms with Gasteiger partial charge in [0.25, 0.3) is 0 Å². The number of nitrogens with zero attached hydrogens (tertiary/aromatic N) is 1. The third kappa shape index (κ3) is 4.03. The van der Waals surface area contributed by atoms with E-state index < -0.39 is 0 Å². The van der Waals surface area contributed by atoms with Crippen molar-refractivity contribution in [2.24, 2.45) is 0 Å². The van der Waals surface area contributed by atoms with Crippen molar-refractivity contribution in [1.82, 2.24) is 9.88 Å². The van der Waals surface area contributed by atoms with Gasteiger partial charge in [-0.25, -0.2) is 0 Å². The number of aromatic amines is 1. The second kappa shape index (κ2) is 8.85. The molecule has 1 atom stereocenters. The standard InChI is InChI=1S/C30H31ClN2/c1-19-9-7-13-24(17-19)29-25-14-6-5-12-23(25)15-16-33(29)18-26-22(4)28(32-30(26)31)27-20(2)10-8-11-21(27)3/h5-14,17,29,32H,15-16,18H2,1-4H3. The monoisotopic (exact) mass is 454 g/mol. The lowest BCUT2D eigenvalue weighted by atomic mass is 9.87.